The molecule has 0 spiro atoms. The maximum absolute atomic E-state index is 12.2. The summed E-state index contributed by atoms with van der Waals surface area (Å²) in [5, 5.41) is 20.7. The first-order chi connectivity index (χ1) is 14.1. The van der Waals surface area contributed by atoms with Crippen LogP contribution in [0.5, 0.6) is 0 Å². The van der Waals surface area contributed by atoms with Crippen molar-refractivity contribution in [3.8, 4) is 5.69 Å². The fourth-order valence-electron chi connectivity index (χ4n) is 2.91. The van der Waals surface area contributed by atoms with Crippen molar-refractivity contribution >= 4 is 39.1 Å². The van der Waals surface area contributed by atoms with Gasteiger partial charge in [0.25, 0.3) is 5.91 Å². The number of anilines is 1. The normalized spacial score (nSPS) is 11.7. The molecular weight excluding hydrogens is 390 g/mol. The van der Waals surface area contributed by atoms with Crippen molar-refractivity contribution in [2.45, 2.75) is 6.92 Å². The van der Waals surface area contributed by atoms with Crippen LogP contribution in [0.1, 0.15) is 27.9 Å². The molecule has 0 unspecified atom stereocenters. The molecule has 4 aromatic rings. The molecule has 0 aliphatic rings. The predicted molar refractivity (Wildman–Crippen MR) is 111 cm³/mol. The van der Waals surface area contributed by atoms with E-state index in [1.54, 1.807) is 29.1 Å². The zero-order valence-electron chi connectivity index (χ0n) is 15.4. The molecule has 29 heavy (non-hydrogen) atoms. The highest BCUT2D eigenvalue weighted by Gasteiger charge is 2.20. The van der Waals surface area contributed by atoms with Crippen LogP contribution in [0.2, 0.25) is 0 Å². The van der Waals surface area contributed by atoms with Crippen LogP contribution in [-0.2, 0) is 0 Å². The van der Waals surface area contributed by atoms with Gasteiger partial charge in [0.2, 0.25) is 5.95 Å². The Morgan fingerprint density at radius 2 is 2.10 bits per heavy atom. The van der Waals surface area contributed by atoms with Gasteiger partial charge in [-0.3, -0.25) is 4.79 Å². The minimum Gasteiger partial charge on any atom is -0.410 e. The lowest BCUT2D eigenvalue weighted by molar-refractivity contribution is 0.0960. The maximum Gasteiger partial charge on any atom is 0.261 e. The standard InChI is InChI=1S/C19H17N7O2S/c1-2-21-17(27)14-10-13-16(23-19(20)24-18(13)29-14)15(25-28)11-4-6-12(7-5-11)26-9-3-8-22-26/h3-10,28H,2H2,1H3,(H,21,27)(H2,20,23,24)/b25-15+. The Hall–Kier alpha value is -3.79. The molecule has 0 aliphatic carbocycles. The molecule has 4 rings (SSSR count). The number of nitrogens with one attached hydrogen (secondary N) is 1. The second-order valence-corrected chi connectivity index (χ2v) is 7.10. The lowest BCUT2D eigenvalue weighted by Gasteiger charge is -2.08. The van der Waals surface area contributed by atoms with Gasteiger partial charge >= 0.3 is 0 Å². The Kier molecular flexibility index (Phi) is 4.92. The smallest absolute Gasteiger partial charge is 0.261 e. The molecule has 4 N–H and O–H groups in total. The van der Waals surface area contributed by atoms with E-state index in [2.05, 4.69) is 25.5 Å². The summed E-state index contributed by atoms with van der Waals surface area (Å²) in [6.45, 7) is 2.36. The Labute approximate surface area is 169 Å². The molecule has 0 aliphatic heterocycles. The van der Waals surface area contributed by atoms with Gasteiger partial charge in [-0.15, -0.1) is 11.3 Å². The summed E-state index contributed by atoms with van der Waals surface area (Å²) in [6.07, 6.45) is 3.52. The fourth-order valence-corrected chi connectivity index (χ4v) is 3.87. The van der Waals surface area contributed by atoms with E-state index in [1.807, 2.05) is 31.3 Å². The van der Waals surface area contributed by atoms with E-state index >= 15 is 0 Å². The van der Waals surface area contributed by atoms with E-state index in [4.69, 9.17) is 5.73 Å². The molecule has 1 amide bonds. The summed E-state index contributed by atoms with van der Waals surface area (Å²) in [6, 6.07) is 10.8. The summed E-state index contributed by atoms with van der Waals surface area (Å²) in [4.78, 5) is 21.7. The summed E-state index contributed by atoms with van der Waals surface area (Å²) >= 11 is 1.21. The number of nitrogens with two attached hydrogens (primary N) is 1. The van der Waals surface area contributed by atoms with Gasteiger partial charge < -0.3 is 16.3 Å². The molecule has 0 fully saturated rings. The first kappa shape index (κ1) is 18.6. The van der Waals surface area contributed by atoms with Gasteiger partial charge in [0.05, 0.1) is 10.6 Å². The third-order valence-electron chi connectivity index (χ3n) is 4.21. The van der Waals surface area contributed by atoms with E-state index < -0.39 is 0 Å². The number of benzene rings is 1. The van der Waals surface area contributed by atoms with E-state index in [-0.39, 0.29) is 17.6 Å². The Morgan fingerprint density at radius 3 is 2.76 bits per heavy atom. The van der Waals surface area contributed by atoms with Crippen LogP contribution in [0.3, 0.4) is 0 Å². The first-order valence-electron chi connectivity index (χ1n) is 8.79. The highest BCUT2D eigenvalue weighted by atomic mass is 32.1. The number of oxime groups is 1. The van der Waals surface area contributed by atoms with Crippen molar-refractivity contribution in [3.05, 3.63) is 64.9 Å². The minimum absolute atomic E-state index is 0.0334. The quantitative estimate of drug-likeness (QED) is 0.264. The lowest BCUT2D eigenvalue weighted by atomic mass is 10.0. The number of nitrogen functional groups attached to an aromatic ring is 1. The third-order valence-corrected chi connectivity index (χ3v) is 5.23. The molecule has 0 saturated carbocycles. The number of rotatable bonds is 5. The zero-order chi connectivity index (χ0) is 20.4. The summed E-state index contributed by atoms with van der Waals surface area (Å²) in [7, 11) is 0. The molecule has 0 bridgehead atoms. The summed E-state index contributed by atoms with van der Waals surface area (Å²) in [5.74, 6) is -0.169. The Balaban J connectivity index is 1.78. The fraction of sp³-hybridized carbons (Fsp3) is 0.105. The highest BCUT2D eigenvalue weighted by Crippen LogP contribution is 2.28. The average Bonchev–Trinajstić information content (AvgIpc) is 3.39. The predicted octanol–water partition coefficient (Wildman–Crippen LogP) is 2.44. The van der Waals surface area contributed by atoms with Gasteiger partial charge in [-0.1, -0.05) is 17.3 Å². The number of hydrogen-bond donors (Lipinski definition) is 3. The van der Waals surface area contributed by atoms with E-state index in [0.29, 0.717) is 32.9 Å². The number of aromatic nitrogens is 4. The van der Waals surface area contributed by atoms with E-state index in [0.717, 1.165) is 5.69 Å². The number of amides is 1. The van der Waals surface area contributed by atoms with Crippen molar-refractivity contribution in [1.29, 1.82) is 0 Å². The van der Waals surface area contributed by atoms with Crippen molar-refractivity contribution in [1.82, 2.24) is 25.1 Å². The van der Waals surface area contributed by atoms with Gasteiger partial charge in [-0.25, -0.2) is 14.6 Å². The van der Waals surface area contributed by atoms with E-state index in [9.17, 15) is 10.0 Å². The number of thiophene rings is 1. The minimum atomic E-state index is -0.203. The zero-order valence-corrected chi connectivity index (χ0v) is 16.2. The van der Waals surface area contributed by atoms with Crippen LogP contribution in [0.25, 0.3) is 15.9 Å². The summed E-state index contributed by atoms with van der Waals surface area (Å²) < 4.78 is 1.72. The van der Waals surface area contributed by atoms with Crippen LogP contribution in [0.4, 0.5) is 5.95 Å². The van der Waals surface area contributed by atoms with E-state index in [1.165, 1.54) is 11.3 Å². The number of carbonyl (C=O) groups excluding carboxylic acids is 1. The molecule has 0 radical (unpaired) electrons. The third kappa shape index (κ3) is 3.52. The van der Waals surface area contributed by atoms with Gasteiger partial charge in [0.15, 0.2) is 0 Å². The molecule has 146 valence electrons. The van der Waals surface area contributed by atoms with Crippen molar-refractivity contribution < 1.29 is 10.0 Å². The molecule has 1 aromatic carbocycles. The Bertz CT molecular complexity index is 1200. The highest BCUT2D eigenvalue weighted by molar-refractivity contribution is 7.20. The number of carbonyl (C=O) groups is 1. The molecule has 0 atom stereocenters. The van der Waals surface area contributed by atoms with Crippen molar-refractivity contribution in [2.24, 2.45) is 5.16 Å². The molecule has 3 aromatic heterocycles. The average molecular weight is 407 g/mol. The number of nitrogens with zero attached hydrogens (tertiary/aromatic N) is 5. The number of hydrogen-bond acceptors (Lipinski definition) is 8. The molecular formula is C19H17N7O2S. The molecule has 3 heterocycles. The second kappa shape index (κ2) is 7.68. The van der Waals surface area contributed by atoms with Crippen LogP contribution in [-0.4, -0.2) is 43.1 Å². The van der Waals surface area contributed by atoms with Crippen LogP contribution >= 0.6 is 11.3 Å². The van der Waals surface area contributed by atoms with Gasteiger partial charge in [0.1, 0.15) is 16.2 Å². The second-order valence-electron chi connectivity index (χ2n) is 6.07. The van der Waals surface area contributed by atoms with Crippen LogP contribution < -0.4 is 11.1 Å². The van der Waals surface area contributed by atoms with Crippen molar-refractivity contribution in [2.75, 3.05) is 12.3 Å². The Morgan fingerprint density at radius 1 is 1.31 bits per heavy atom. The van der Waals surface area contributed by atoms with Gasteiger partial charge in [-0.05, 0) is 31.2 Å². The molecule has 10 heteroatoms. The SMILES string of the molecule is CCNC(=O)c1cc2c(/C(=N/O)c3ccc(-n4cccn4)cc3)nc(N)nc2s1. The monoisotopic (exact) mass is 407 g/mol. The molecule has 9 nitrogen and oxygen atoms in total. The van der Waals surface area contributed by atoms with Crippen LogP contribution in [0, 0.1) is 0 Å². The first-order valence-corrected chi connectivity index (χ1v) is 9.60. The maximum atomic E-state index is 12.2. The van der Waals surface area contributed by atoms with Crippen LogP contribution in [0.15, 0.2) is 53.9 Å². The van der Waals surface area contributed by atoms with Gasteiger partial charge in [0, 0.05) is 29.9 Å². The molecule has 0 saturated heterocycles. The largest absolute Gasteiger partial charge is 0.410 e. The van der Waals surface area contributed by atoms with Gasteiger partial charge in [-0.2, -0.15) is 5.10 Å². The summed E-state index contributed by atoms with van der Waals surface area (Å²) in [5.41, 5.74) is 7.94. The lowest BCUT2D eigenvalue weighted by Crippen LogP contribution is -2.21. The number of fused-ring (bicyclic) bond motifs is 1. The van der Waals surface area contributed by atoms with Crippen molar-refractivity contribution in [3.63, 3.8) is 0 Å². The topological polar surface area (TPSA) is 131 Å².